The number of likely N-dealkylation sites (N-methyl/N-ethyl adjacent to an activating group) is 1. The maximum Gasteiger partial charge on any atom is 0.179 e. The molecule has 1 N–H and O–H groups in total. The summed E-state index contributed by atoms with van der Waals surface area (Å²) in [5.41, 5.74) is 1.86. The first kappa shape index (κ1) is 14.4. The Morgan fingerprint density at radius 1 is 1.43 bits per heavy atom. The fourth-order valence-electron chi connectivity index (χ4n) is 3.20. The Bertz CT molecular complexity index is 524. The lowest BCUT2D eigenvalue weighted by molar-refractivity contribution is 0.0952. The molecule has 0 aliphatic carbocycles. The summed E-state index contributed by atoms with van der Waals surface area (Å²) in [6, 6.07) is 5.87. The van der Waals surface area contributed by atoms with E-state index in [2.05, 4.69) is 24.1 Å². The SMILES string of the molecule is CCC1CN(CC)c2cc(C(=O)C3CCCN3)ccc2O1. The molecule has 114 valence electrons. The third kappa shape index (κ3) is 2.77. The highest BCUT2D eigenvalue weighted by atomic mass is 16.5. The van der Waals surface area contributed by atoms with Crippen molar-refractivity contribution in [1.29, 1.82) is 0 Å². The molecule has 4 nitrogen and oxygen atoms in total. The lowest BCUT2D eigenvalue weighted by Crippen LogP contribution is -2.39. The number of ketones is 1. The number of rotatable bonds is 4. The van der Waals surface area contributed by atoms with Crippen molar-refractivity contribution >= 4 is 11.5 Å². The normalized spacial score (nSPS) is 24.6. The van der Waals surface area contributed by atoms with E-state index >= 15 is 0 Å². The van der Waals surface area contributed by atoms with E-state index in [-0.39, 0.29) is 17.9 Å². The molecule has 0 spiro atoms. The van der Waals surface area contributed by atoms with E-state index in [9.17, 15) is 4.79 Å². The molecule has 2 unspecified atom stereocenters. The lowest BCUT2D eigenvalue weighted by atomic mass is 10.0. The Kier molecular flexibility index (Phi) is 4.15. The van der Waals surface area contributed by atoms with Gasteiger partial charge in [-0.25, -0.2) is 0 Å². The zero-order chi connectivity index (χ0) is 14.8. The maximum absolute atomic E-state index is 12.5. The Morgan fingerprint density at radius 2 is 2.29 bits per heavy atom. The molecule has 2 aliphatic rings. The number of nitrogens with one attached hydrogen (secondary N) is 1. The number of fused-ring (bicyclic) bond motifs is 1. The van der Waals surface area contributed by atoms with Gasteiger partial charge in [-0.3, -0.25) is 4.79 Å². The molecule has 2 aliphatic heterocycles. The highest BCUT2D eigenvalue weighted by molar-refractivity contribution is 6.01. The smallest absolute Gasteiger partial charge is 0.179 e. The van der Waals surface area contributed by atoms with Gasteiger partial charge in [0, 0.05) is 12.1 Å². The largest absolute Gasteiger partial charge is 0.486 e. The van der Waals surface area contributed by atoms with Gasteiger partial charge in [-0.15, -0.1) is 0 Å². The van der Waals surface area contributed by atoms with Crippen LogP contribution in [-0.2, 0) is 0 Å². The maximum atomic E-state index is 12.5. The first-order valence-electron chi connectivity index (χ1n) is 8.06. The molecule has 1 saturated heterocycles. The van der Waals surface area contributed by atoms with Gasteiger partial charge in [0.2, 0.25) is 0 Å². The Labute approximate surface area is 126 Å². The third-order valence-corrected chi connectivity index (χ3v) is 4.52. The Balaban J connectivity index is 1.87. The van der Waals surface area contributed by atoms with Crippen LogP contribution in [-0.4, -0.2) is 37.6 Å². The number of anilines is 1. The van der Waals surface area contributed by atoms with E-state index in [0.717, 1.165) is 55.9 Å². The molecule has 21 heavy (non-hydrogen) atoms. The van der Waals surface area contributed by atoms with Crippen LogP contribution in [0.2, 0.25) is 0 Å². The second-order valence-corrected chi connectivity index (χ2v) is 5.88. The van der Waals surface area contributed by atoms with Gasteiger partial charge in [-0.2, -0.15) is 0 Å². The number of hydrogen-bond donors (Lipinski definition) is 1. The monoisotopic (exact) mass is 288 g/mol. The molecule has 3 rings (SSSR count). The van der Waals surface area contributed by atoms with Crippen LogP contribution < -0.4 is 15.0 Å². The van der Waals surface area contributed by atoms with Crippen molar-refractivity contribution < 1.29 is 9.53 Å². The van der Waals surface area contributed by atoms with Gasteiger partial charge in [0.1, 0.15) is 11.9 Å². The number of hydrogen-bond acceptors (Lipinski definition) is 4. The minimum atomic E-state index is -0.00831. The lowest BCUT2D eigenvalue weighted by Gasteiger charge is -2.35. The summed E-state index contributed by atoms with van der Waals surface area (Å²) in [4.78, 5) is 14.8. The Hall–Kier alpha value is -1.55. The van der Waals surface area contributed by atoms with Gasteiger partial charge in [0.05, 0.1) is 18.3 Å². The van der Waals surface area contributed by atoms with E-state index in [1.165, 1.54) is 0 Å². The topological polar surface area (TPSA) is 41.6 Å². The van der Waals surface area contributed by atoms with Crippen LogP contribution in [0.3, 0.4) is 0 Å². The third-order valence-electron chi connectivity index (χ3n) is 4.52. The summed E-state index contributed by atoms with van der Waals surface area (Å²) < 4.78 is 6.00. The summed E-state index contributed by atoms with van der Waals surface area (Å²) >= 11 is 0. The molecule has 0 bridgehead atoms. The summed E-state index contributed by atoms with van der Waals surface area (Å²) in [7, 11) is 0. The molecule has 1 fully saturated rings. The van der Waals surface area contributed by atoms with Gasteiger partial charge in [0.25, 0.3) is 0 Å². The molecule has 2 heterocycles. The molecule has 4 heteroatoms. The van der Waals surface area contributed by atoms with Crippen LogP contribution in [0.25, 0.3) is 0 Å². The van der Waals surface area contributed by atoms with E-state index in [0.29, 0.717) is 0 Å². The van der Waals surface area contributed by atoms with Gasteiger partial charge in [0.15, 0.2) is 5.78 Å². The summed E-state index contributed by atoms with van der Waals surface area (Å²) in [5, 5.41) is 3.28. The predicted octanol–water partition coefficient (Wildman–Crippen LogP) is 2.62. The minimum Gasteiger partial charge on any atom is -0.486 e. The molecule has 0 aromatic heterocycles. The van der Waals surface area contributed by atoms with E-state index in [4.69, 9.17) is 4.74 Å². The second-order valence-electron chi connectivity index (χ2n) is 5.88. The fraction of sp³-hybridized carbons (Fsp3) is 0.588. The number of Topliss-reactive ketones (excluding diaryl/α,β-unsaturated/α-hetero) is 1. The van der Waals surface area contributed by atoms with Crippen molar-refractivity contribution in [3.8, 4) is 5.75 Å². The van der Waals surface area contributed by atoms with Crippen molar-refractivity contribution in [1.82, 2.24) is 5.32 Å². The van der Waals surface area contributed by atoms with Crippen molar-refractivity contribution in [2.75, 3.05) is 24.5 Å². The predicted molar refractivity (Wildman–Crippen MR) is 84.4 cm³/mol. The molecule has 1 aromatic rings. The van der Waals surface area contributed by atoms with Gasteiger partial charge in [-0.05, 0) is 50.9 Å². The molecule has 1 aromatic carbocycles. The van der Waals surface area contributed by atoms with Crippen molar-refractivity contribution in [2.24, 2.45) is 0 Å². The van der Waals surface area contributed by atoms with Crippen molar-refractivity contribution in [2.45, 2.75) is 45.3 Å². The molecule has 2 atom stereocenters. The zero-order valence-corrected chi connectivity index (χ0v) is 12.9. The van der Waals surface area contributed by atoms with Crippen LogP contribution in [0.4, 0.5) is 5.69 Å². The summed E-state index contributed by atoms with van der Waals surface area (Å²) in [5.74, 6) is 1.12. The van der Waals surface area contributed by atoms with E-state index in [1.807, 2.05) is 18.2 Å². The van der Waals surface area contributed by atoms with Crippen LogP contribution in [0.1, 0.15) is 43.5 Å². The second kappa shape index (κ2) is 6.06. The van der Waals surface area contributed by atoms with Crippen molar-refractivity contribution in [3.05, 3.63) is 23.8 Å². The molecular formula is C17H24N2O2. The zero-order valence-electron chi connectivity index (χ0n) is 12.9. The van der Waals surface area contributed by atoms with Crippen LogP contribution >= 0.6 is 0 Å². The molecular weight excluding hydrogens is 264 g/mol. The van der Waals surface area contributed by atoms with E-state index in [1.54, 1.807) is 0 Å². The fourth-order valence-corrected chi connectivity index (χ4v) is 3.20. The quantitative estimate of drug-likeness (QED) is 0.865. The number of benzene rings is 1. The number of nitrogens with zero attached hydrogens (tertiary/aromatic N) is 1. The van der Waals surface area contributed by atoms with E-state index < -0.39 is 0 Å². The highest BCUT2D eigenvalue weighted by Gasteiger charge is 2.27. The highest BCUT2D eigenvalue weighted by Crippen LogP contribution is 2.35. The molecule has 0 amide bonds. The summed E-state index contributed by atoms with van der Waals surface area (Å²) in [6.45, 7) is 7.08. The van der Waals surface area contributed by atoms with Crippen LogP contribution in [0.5, 0.6) is 5.75 Å². The van der Waals surface area contributed by atoms with Crippen LogP contribution in [0.15, 0.2) is 18.2 Å². The van der Waals surface area contributed by atoms with Crippen LogP contribution in [0, 0.1) is 0 Å². The number of carbonyl (C=O) groups excluding carboxylic acids is 1. The van der Waals surface area contributed by atoms with Gasteiger partial charge >= 0.3 is 0 Å². The molecule has 0 radical (unpaired) electrons. The average molecular weight is 288 g/mol. The Morgan fingerprint density at radius 3 is 2.95 bits per heavy atom. The summed E-state index contributed by atoms with van der Waals surface area (Å²) in [6.07, 6.45) is 3.28. The average Bonchev–Trinajstić information content (AvgIpc) is 3.06. The molecule has 0 saturated carbocycles. The van der Waals surface area contributed by atoms with Crippen molar-refractivity contribution in [3.63, 3.8) is 0 Å². The number of carbonyl (C=O) groups is 1. The first-order chi connectivity index (χ1) is 10.2. The minimum absolute atomic E-state index is 0.00831. The number of ether oxygens (including phenoxy) is 1. The standard InChI is InChI=1S/C17H24N2O2/c1-3-13-11-19(4-2)15-10-12(7-8-16(15)21-13)17(20)14-6-5-9-18-14/h7-8,10,13-14,18H,3-6,9,11H2,1-2H3. The van der Waals surface area contributed by atoms with Gasteiger partial charge in [-0.1, -0.05) is 6.92 Å². The first-order valence-corrected chi connectivity index (χ1v) is 8.06. The van der Waals surface area contributed by atoms with Gasteiger partial charge < -0.3 is 15.0 Å².